The number of benzene rings is 1. The van der Waals surface area contributed by atoms with Gasteiger partial charge in [-0.25, -0.2) is 0 Å². The zero-order chi connectivity index (χ0) is 13.5. The van der Waals surface area contributed by atoms with E-state index < -0.39 is 0 Å². The monoisotopic (exact) mass is 324 g/mol. The van der Waals surface area contributed by atoms with Gasteiger partial charge in [-0.05, 0) is 47.0 Å². The van der Waals surface area contributed by atoms with Crippen LogP contribution in [0.25, 0.3) is 0 Å². The molecule has 0 unspecified atom stereocenters. The van der Waals surface area contributed by atoms with E-state index in [4.69, 9.17) is 14.7 Å². The van der Waals surface area contributed by atoms with E-state index >= 15 is 0 Å². The van der Waals surface area contributed by atoms with Crippen molar-refractivity contribution < 1.29 is 9.47 Å². The number of ether oxygens (including phenoxy) is 2. The molecular weight excluding hydrogens is 308 g/mol. The Morgan fingerprint density at radius 2 is 2.42 bits per heavy atom. The van der Waals surface area contributed by atoms with Crippen LogP contribution < -0.4 is 5.32 Å². The summed E-state index contributed by atoms with van der Waals surface area (Å²) in [7, 11) is 0. The molecule has 1 aliphatic rings. The van der Waals surface area contributed by atoms with Gasteiger partial charge in [0, 0.05) is 29.9 Å². The number of hydrogen-bond donors (Lipinski definition) is 1. The molecule has 0 bridgehead atoms. The predicted molar refractivity (Wildman–Crippen MR) is 77.1 cm³/mol. The third-order valence-electron chi connectivity index (χ3n) is 2.98. The molecule has 4 nitrogen and oxygen atoms in total. The molecule has 1 aromatic rings. The smallest absolute Gasteiger partial charge is 0.0992 e. The lowest BCUT2D eigenvalue weighted by Gasteiger charge is -2.11. The minimum Gasteiger partial charge on any atom is -0.384 e. The molecule has 1 N–H and O–H groups in total. The van der Waals surface area contributed by atoms with E-state index in [9.17, 15) is 0 Å². The average Bonchev–Trinajstić information content (AvgIpc) is 2.93. The van der Waals surface area contributed by atoms with Gasteiger partial charge in [0.2, 0.25) is 0 Å². The van der Waals surface area contributed by atoms with Crippen molar-refractivity contribution in [2.75, 3.05) is 31.7 Å². The first-order valence-corrected chi connectivity index (χ1v) is 7.22. The lowest BCUT2D eigenvalue weighted by molar-refractivity contribution is 0.0427. The van der Waals surface area contributed by atoms with Gasteiger partial charge in [0.1, 0.15) is 0 Å². The van der Waals surface area contributed by atoms with Gasteiger partial charge in [-0.1, -0.05) is 0 Å². The number of halogens is 1. The van der Waals surface area contributed by atoms with Gasteiger partial charge in [0.15, 0.2) is 0 Å². The molecule has 0 aromatic heterocycles. The number of nitrogens with zero attached hydrogens (tertiary/aromatic N) is 1. The van der Waals surface area contributed by atoms with Crippen molar-refractivity contribution in [2.45, 2.75) is 18.9 Å². The molecule has 0 spiro atoms. The first kappa shape index (κ1) is 14.3. The fourth-order valence-corrected chi connectivity index (χ4v) is 2.44. The van der Waals surface area contributed by atoms with Crippen LogP contribution >= 0.6 is 15.9 Å². The molecule has 1 aliphatic heterocycles. The van der Waals surface area contributed by atoms with Crippen molar-refractivity contribution in [1.82, 2.24) is 0 Å². The lowest BCUT2D eigenvalue weighted by atomic mass is 10.2. The van der Waals surface area contributed by atoms with E-state index in [1.54, 1.807) is 6.07 Å². The van der Waals surface area contributed by atoms with Crippen LogP contribution in [0.2, 0.25) is 0 Å². The van der Waals surface area contributed by atoms with E-state index in [0.29, 0.717) is 5.56 Å². The zero-order valence-electron chi connectivity index (χ0n) is 10.7. The Morgan fingerprint density at radius 1 is 1.53 bits per heavy atom. The first-order valence-electron chi connectivity index (χ1n) is 6.42. The predicted octanol–water partition coefficient (Wildman–Crippen LogP) is 2.93. The van der Waals surface area contributed by atoms with Crippen molar-refractivity contribution >= 4 is 21.6 Å². The van der Waals surface area contributed by atoms with Gasteiger partial charge >= 0.3 is 0 Å². The summed E-state index contributed by atoms with van der Waals surface area (Å²) in [4.78, 5) is 0. The summed E-state index contributed by atoms with van der Waals surface area (Å²) >= 11 is 3.45. The van der Waals surface area contributed by atoms with Crippen LogP contribution in [-0.2, 0) is 9.47 Å². The van der Waals surface area contributed by atoms with Crippen molar-refractivity contribution in [2.24, 2.45) is 0 Å². The van der Waals surface area contributed by atoms with Gasteiger partial charge in [-0.3, -0.25) is 0 Å². The number of hydrogen-bond acceptors (Lipinski definition) is 4. The normalized spacial score (nSPS) is 18.2. The highest BCUT2D eigenvalue weighted by atomic mass is 79.9. The minimum atomic E-state index is 0.279. The first-order chi connectivity index (χ1) is 9.29. The van der Waals surface area contributed by atoms with E-state index in [-0.39, 0.29) is 6.10 Å². The summed E-state index contributed by atoms with van der Waals surface area (Å²) in [5.74, 6) is 0. The molecule has 0 radical (unpaired) electrons. The second-order valence-corrected chi connectivity index (χ2v) is 5.30. The summed E-state index contributed by atoms with van der Waals surface area (Å²) in [6.45, 7) is 3.14. The van der Waals surface area contributed by atoms with Crippen LogP contribution in [0.1, 0.15) is 18.4 Å². The molecule has 0 aliphatic carbocycles. The average molecular weight is 325 g/mol. The molecule has 5 heteroatoms. The van der Waals surface area contributed by atoms with Gasteiger partial charge in [0.05, 0.1) is 24.3 Å². The second kappa shape index (κ2) is 7.49. The molecule has 0 amide bonds. The van der Waals surface area contributed by atoms with Crippen LogP contribution in [0.5, 0.6) is 0 Å². The third-order valence-corrected chi connectivity index (χ3v) is 3.63. The Kier molecular flexibility index (Phi) is 5.64. The van der Waals surface area contributed by atoms with Gasteiger partial charge < -0.3 is 14.8 Å². The molecule has 19 heavy (non-hydrogen) atoms. The maximum Gasteiger partial charge on any atom is 0.0992 e. The Balaban J connectivity index is 1.66. The SMILES string of the molecule is N#Cc1ccc(NCCCO[C@H]2CCOC2)c(Br)c1. The molecule has 1 aromatic carbocycles. The number of rotatable bonds is 6. The number of nitrogens with one attached hydrogen (secondary N) is 1. The summed E-state index contributed by atoms with van der Waals surface area (Å²) in [6.07, 6.45) is 2.24. The Hall–Kier alpha value is -1.09. The number of nitriles is 1. The summed E-state index contributed by atoms with van der Waals surface area (Å²) in [6, 6.07) is 7.64. The maximum absolute atomic E-state index is 8.78. The molecule has 102 valence electrons. The fourth-order valence-electron chi connectivity index (χ4n) is 1.92. The Morgan fingerprint density at radius 3 is 3.11 bits per heavy atom. The van der Waals surface area contributed by atoms with Crippen molar-refractivity contribution in [3.63, 3.8) is 0 Å². The highest BCUT2D eigenvalue weighted by Crippen LogP contribution is 2.23. The zero-order valence-corrected chi connectivity index (χ0v) is 12.3. The van der Waals surface area contributed by atoms with Crippen LogP contribution in [0, 0.1) is 11.3 Å². The fraction of sp³-hybridized carbons (Fsp3) is 0.500. The Bertz CT molecular complexity index is 453. The molecule has 1 heterocycles. The molecular formula is C14H17BrN2O2. The molecule has 1 fully saturated rings. The molecule has 0 saturated carbocycles. The molecule has 1 atom stereocenters. The van der Waals surface area contributed by atoms with E-state index in [1.807, 2.05) is 12.1 Å². The van der Waals surface area contributed by atoms with E-state index in [2.05, 4.69) is 27.3 Å². The van der Waals surface area contributed by atoms with Crippen LogP contribution in [0.4, 0.5) is 5.69 Å². The molecule has 2 rings (SSSR count). The van der Waals surface area contributed by atoms with Crippen molar-refractivity contribution in [1.29, 1.82) is 5.26 Å². The van der Waals surface area contributed by atoms with Gasteiger partial charge in [-0.2, -0.15) is 5.26 Å². The summed E-state index contributed by atoms with van der Waals surface area (Å²) in [5, 5.41) is 12.1. The quantitative estimate of drug-likeness (QED) is 0.817. The van der Waals surface area contributed by atoms with Gasteiger partial charge in [0.25, 0.3) is 0 Å². The van der Waals surface area contributed by atoms with E-state index in [0.717, 1.165) is 49.4 Å². The third kappa shape index (κ3) is 4.50. The summed E-state index contributed by atoms with van der Waals surface area (Å²) < 4.78 is 11.8. The maximum atomic E-state index is 8.78. The van der Waals surface area contributed by atoms with Crippen molar-refractivity contribution in [3.8, 4) is 6.07 Å². The van der Waals surface area contributed by atoms with Crippen LogP contribution in [0.3, 0.4) is 0 Å². The van der Waals surface area contributed by atoms with Gasteiger partial charge in [-0.15, -0.1) is 0 Å². The second-order valence-electron chi connectivity index (χ2n) is 4.44. The largest absolute Gasteiger partial charge is 0.384 e. The van der Waals surface area contributed by atoms with Crippen LogP contribution in [0.15, 0.2) is 22.7 Å². The Labute approximate surface area is 121 Å². The van der Waals surface area contributed by atoms with Crippen LogP contribution in [-0.4, -0.2) is 32.5 Å². The topological polar surface area (TPSA) is 54.3 Å². The minimum absolute atomic E-state index is 0.279. The van der Waals surface area contributed by atoms with E-state index in [1.165, 1.54) is 0 Å². The lowest BCUT2D eigenvalue weighted by Crippen LogP contribution is -2.15. The highest BCUT2D eigenvalue weighted by molar-refractivity contribution is 9.10. The standard InChI is InChI=1S/C14H17BrN2O2/c15-13-8-11(9-16)2-3-14(13)17-5-1-6-19-12-4-7-18-10-12/h2-3,8,12,17H,1,4-7,10H2/t12-/m0/s1. The highest BCUT2D eigenvalue weighted by Gasteiger charge is 2.15. The molecule has 1 saturated heterocycles. The van der Waals surface area contributed by atoms with Crippen molar-refractivity contribution in [3.05, 3.63) is 28.2 Å². The summed E-state index contributed by atoms with van der Waals surface area (Å²) in [5.41, 5.74) is 1.66. The number of anilines is 1.